The molecule has 1 saturated heterocycles. The third-order valence-electron chi connectivity index (χ3n) is 10.3. The molecule has 2 bridgehead atoms. The van der Waals surface area contributed by atoms with E-state index in [4.69, 9.17) is 13.9 Å². The highest BCUT2D eigenvalue weighted by Crippen LogP contribution is 2.64. The first-order valence-corrected chi connectivity index (χ1v) is 15.2. The lowest BCUT2D eigenvalue weighted by molar-refractivity contribution is -0.142. The molecular weight excluding hydrogens is 520 g/mol. The van der Waals surface area contributed by atoms with Crippen LogP contribution in [0.1, 0.15) is 63.1 Å². The number of hydrogen-bond donors (Lipinski definition) is 1. The average Bonchev–Trinajstić information content (AvgIpc) is 3.30. The highest BCUT2D eigenvalue weighted by molar-refractivity contribution is 5.92. The van der Waals surface area contributed by atoms with E-state index in [2.05, 4.69) is 24.8 Å². The number of esters is 1. The van der Waals surface area contributed by atoms with Gasteiger partial charge in [0.15, 0.2) is 11.5 Å². The molecular formula is C33H40N2O6. The Morgan fingerprint density at radius 1 is 1.27 bits per heavy atom. The maximum atomic E-state index is 13.8. The van der Waals surface area contributed by atoms with E-state index in [-0.39, 0.29) is 41.3 Å². The van der Waals surface area contributed by atoms with Crippen LogP contribution in [0.15, 0.2) is 41.2 Å². The summed E-state index contributed by atoms with van der Waals surface area (Å²) in [6, 6.07) is 5.99. The quantitative estimate of drug-likeness (QED) is 0.374. The lowest BCUT2D eigenvalue weighted by Crippen LogP contribution is -2.69. The van der Waals surface area contributed by atoms with E-state index in [0.29, 0.717) is 36.1 Å². The third-order valence-corrected chi connectivity index (χ3v) is 10.3. The smallest absolute Gasteiger partial charge is 0.302 e. The van der Waals surface area contributed by atoms with Crippen LogP contribution in [-0.2, 0) is 26.2 Å². The topological polar surface area (TPSA) is 92.5 Å². The van der Waals surface area contributed by atoms with E-state index < -0.39 is 0 Å². The van der Waals surface area contributed by atoms with Gasteiger partial charge in [-0.2, -0.15) is 0 Å². The Morgan fingerprint density at radius 3 is 2.88 bits per heavy atom. The molecule has 2 aliphatic heterocycles. The number of benzene rings is 1. The van der Waals surface area contributed by atoms with Crippen molar-refractivity contribution in [3.8, 4) is 11.5 Å². The normalized spacial score (nSPS) is 33.0. The van der Waals surface area contributed by atoms with Gasteiger partial charge in [-0.25, -0.2) is 0 Å². The summed E-state index contributed by atoms with van der Waals surface area (Å²) in [5.74, 6) is 1.72. The third kappa shape index (κ3) is 4.37. The number of phenols is 1. The van der Waals surface area contributed by atoms with Crippen molar-refractivity contribution in [1.29, 1.82) is 0 Å². The zero-order chi connectivity index (χ0) is 28.5. The molecule has 1 amide bonds. The Balaban J connectivity index is 1.21. The molecule has 2 aromatic rings. The summed E-state index contributed by atoms with van der Waals surface area (Å²) in [5, 5.41) is 11.0. The molecule has 3 heterocycles. The summed E-state index contributed by atoms with van der Waals surface area (Å²) in [6.45, 7) is 8.31. The van der Waals surface area contributed by atoms with Crippen molar-refractivity contribution in [2.45, 2.75) is 82.6 Å². The zero-order valence-electron chi connectivity index (χ0n) is 24.1. The number of rotatable bonds is 8. The van der Waals surface area contributed by atoms with Gasteiger partial charge in [0.05, 0.1) is 18.6 Å². The summed E-state index contributed by atoms with van der Waals surface area (Å²) >= 11 is 0. The van der Waals surface area contributed by atoms with Crippen LogP contribution in [0, 0.1) is 17.8 Å². The molecule has 218 valence electrons. The second kappa shape index (κ2) is 9.93. The number of carbonyl (C=O) groups excluding carboxylic acids is 2. The highest BCUT2D eigenvalue weighted by Gasteiger charge is 2.67. The first-order chi connectivity index (χ1) is 19.8. The fourth-order valence-electron chi connectivity index (χ4n) is 8.63. The van der Waals surface area contributed by atoms with Crippen LogP contribution in [0.25, 0.3) is 6.08 Å². The number of carbonyl (C=O) groups is 2. The minimum absolute atomic E-state index is 0.0150. The molecule has 2 saturated carbocycles. The summed E-state index contributed by atoms with van der Waals surface area (Å²) < 4.78 is 17.5. The van der Waals surface area contributed by atoms with Gasteiger partial charge in [0.1, 0.15) is 12.2 Å². The molecule has 3 fully saturated rings. The fourth-order valence-corrected chi connectivity index (χ4v) is 8.63. The molecule has 1 spiro atoms. The predicted molar refractivity (Wildman–Crippen MR) is 152 cm³/mol. The SMILES string of the molecule is CC(=O)OC1CC1CN1CC[C@]23c4c5ccc(O)c4O[C@H]2[C@H](N(CC(C)C)C(=O)C=Cc2ccoc2)CC[C@H]3[C@H]1C5. The lowest BCUT2D eigenvalue weighted by atomic mass is 9.51. The molecule has 0 radical (unpaired) electrons. The van der Waals surface area contributed by atoms with Gasteiger partial charge in [0.25, 0.3) is 0 Å². The molecule has 5 aliphatic rings. The van der Waals surface area contributed by atoms with Gasteiger partial charge in [-0.1, -0.05) is 19.9 Å². The zero-order valence-corrected chi connectivity index (χ0v) is 24.1. The van der Waals surface area contributed by atoms with E-state index in [9.17, 15) is 14.7 Å². The van der Waals surface area contributed by atoms with Crippen molar-refractivity contribution < 1.29 is 28.6 Å². The number of piperidine rings is 1. The maximum Gasteiger partial charge on any atom is 0.302 e. The Labute approximate surface area is 241 Å². The lowest BCUT2D eigenvalue weighted by Gasteiger charge is -2.60. The first kappa shape index (κ1) is 26.6. The average molecular weight is 561 g/mol. The molecule has 41 heavy (non-hydrogen) atoms. The molecule has 7 atom stereocenters. The van der Waals surface area contributed by atoms with E-state index in [1.54, 1.807) is 24.7 Å². The highest BCUT2D eigenvalue weighted by atomic mass is 16.5. The molecule has 1 N–H and O–H groups in total. The van der Waals surface area contributed by atoms with Gasteiger partial charge in [-0.15, -0.1) is 0 Å². The van der Waals surface area contributed by atoms with E-state index in [1.807, 2.05) is 17.0 Å². The summed E-state index contributed by atoms with van der Waals surface area (Å²) in [6.07, 6.45) is 11.2. The number of likely N-dealkylation sites (tertiary alicyclic amines) is 1. The van der Waals surface area contributed by atoms with Crippen molar-refractivity contribution in [3.63, 3.8) is 0 Å². The molecule has 2 unspecified atom stereocenters. The molecule has 8 nitrogen and oxygen atoms in total. The Kier molecular flexibility index (Phi) is 6.45. The summed E-state index contributed by atoms with van der Waals surface area (Å²) in [4.78, 5) is 29.9. The monoisotopic (exact) mass is 560 g/mol. The van der Waals surface area contributed by atoms with Gasteiger partial charge >= 0.3 is 5.97 Å². The van der Waals surface area contributed by atoms with E-state index >= 15 is 0 Å². The molecule has 3 aliphatic carbocycles. The Bertz CT molecular complexity index is 1370. The van der Waals surface area contributed by atoms with Crippen LogP contribution in [0.4, 0.5) is 0 Å². The Hall–Kier alpha value is -3.26. The number of furan rings is 1. The molecule has 7 rings (SSSR count). The molecule has 1 aromatic heterocycles. The summed E-state index contributed by atoms with van der Waals surface area (Å²) in [5.41, 5.74) is 3.09. The van der Waals surface area contributed by atoms with Crippen molar-refractivity contribution in [2.75, 3.05) is 19.6 Å². The van der Waals surface area contributed by atoms with Gasteiger partial charge in [-0.3, -0.25) is 14.5 Å². The predicted octanol–water partition coefficient (Wildman–Crippen LogP) is 4.54. The van der Waals surface area contributed by atoms with Crippen molar-refractivity contribution in [2.24, 2.45) is 17.8 Å². The fraction of sp³-hybridized carbons (Fsp3) is 0.576. The van der Waals surface area contributed by atoms with E-state index in [1.165, 1.54) is 18.1 Å². The van der Waals surface area contributed by atoms with Crippen LogP contribution >= 0.6 is 0 Å². The Morgan fingerprint density at radius 2 is 2.12 bits per heavy atom. The molecule has 1 aromatic carbocycles. The second-order valence-corrected chi connectivity index (χ2v) is 13.2. The van der Waals surface area contributed by atoms with Crippen LogP contribution in [0.3, 0.4) is 0 Å². The van der Waals surface area contributed by atoms with Crippen molar-refractivity contribution in [1.82, 2.24) is 9.80 Å². The largest absolute Gasteiger partial charge is 0.504 e. The summed E-state index contributed by atoms with van der Waals surface area (Å²) in [7, 11) is 0. The minimum Gasteiger partial charge on any atom is -0.504 e. The van der Waals surface area contributed by atoms with Crippen LogP contribution in [0.5, 0.6) is 11.5 Å². The second-order valence-electron chi connectivity index (χ2n) is 13.2. The van der Waals surface area contributed by atoms with Crippen LogP contribution < -0.4 is 4.74 Å². The van der Waals surface area contributed by atoms with Gasteiger partial charge in [0.2, 0.25) is 5.91 Å². The maximum absolute atomic E-state index is 13.8. The number of aromatic hydroxyl groups is 1. The first-order valence-electron chi connectivity index (χ1n) is 15.2. The number of hydrogen-bond acceptors (Lipinski definition) is 7. The number of ether oxygens (including phenoxy) is 2. The van der Waals surface area contributed by atoms with Gasteiger partial charge in [-0.05, 0) is 74.3 Å². The number of amides is 1. The minimum atomic E-state index is -0.228. The van der Waals surface area contributed by atoms with Crippen LogP contribution in [0.2, 0.25) is 0 Å². The standard InChI is InChI=1S/C33H40N2O6/c1-19(2)16-35(29(38)9-4-21-10-13-39-18-21)25-7-6-24-26-14-22-5-8-27(37)31-30(22)33(24,32(25)41-31)11-12-34(26)17-23-15-28(23)40-20(3)36/h4-5,8-10,13,18-19,23-26,28,32,37H,6-7,11-12,14-17H2,1-3H3/t23?,24-,25+,26+,28?,32-,33-/m0/s1. The molecule has 8 heteroatoms. The van der Waals surface area contributed by atoms with Gasteiger partial charge < -0.3 is 23.9 Å². The van der Waals surface area contributed by atoms with E-state index in [0.717, 1.165) is 50.8 Å². The van der Waals surface area contributed by atoms with Crippen LogP contribution in [-0.4, -0.2) is 70.7 Å². The number of nitrogens with zero attached hydrogens (tertiary/aromatic N) is 2. The van der Waals surface area contributed by atoms with Gasteiger partial charge in [0, 0.05) is 54.6 Å². The van der Waals surface area contributed by atoms with Crippen molar-refractivity contribution in [3.05, 3.63) is 53.5 Å². The van der Waals surface area contributed by atoms with Crippen molar-refractivity contribution >= 4 is 18.0 Å². The number of phenolic OH excluding ortho intramolecular Hbond substituents is 1.